The second-order valence-electron chi connectivity index (χ2n) is 5.81. The molecule has 4 rings (SSSR count). The van der Waals surface area contributed by atoms with Gasteiger partial charge >= 0.3 is 5.69 Å². The van der Waals surface area contributed by atoms with E-state index in [1.165, 1.54) is 6.07 Å². The molecule has 0 radical (unpaired) electrons. The van der Waals surface area contributed by atoms with Crippen molar-refractivity contribution in [3.05, 3.63) is 51.9 Å². The van der Waals surface area contributed by atoms with E-state index in [4.69, 9.17) is 9.47 Å². The van der Waals surface area contributed by atoms with Crippen molar-refractivity contribution in [3.8, 4) is 5.88 Å². The number of rotatable bonds is 3. The van der Waals surface area contributed by atoms with E-state index in [0.29, 0.717) is 31.9 Å². The minimum Gasteiger partial charge on any atom is -0.473 e. The maximum Gasteiger partial charge on any atom is 0.352 e. The Balaban J connectivity index is 1.56. The number of aromatic nitrogens is 2. The molecule has 1 saturated heterocycles. The summed E-state index contributed by atoms with van der Waals surface area (Å²) in [6, 6.07) is 5.36. The Morgan fingerprint density at radius 3 is 3.00 bits per heavy atom. The molecular formula is C16H15F2N3O3. The number of hydrogen-bond donors (Lipinski definition) is 0. The molecular weight excluding hydrogens is 320 g/mol. The summed E-state index contributed by atoms with van der Waals surface area (Å²) < 4.78 is 38.7. The van der Waals surface area contributed by atoms with Crippen LogP contribution in [0.25, 0.3) is 0 Å². The molecule has 1 aromatic carbocycles. The second kappa shape index (κ2) is 5.86. The summed E-state index contributed by atoms with van der Waals surface area (Å²) in [4.78, 5) is 18.2. The van der Waals surface area contributed by atoms with Gasteiger partial charge in [0.25, 0.3) is 0 Å². The van der Waals surface area contributed by atoms with Crippen LogP contribution in [0.5, 0.6) is 5.88 Å². The lowest BCUT2D eigenvalue weighted by atomic mass is 10.2. The average Bonchev–Trinajstić information content (AvgIpc) is 2.95. The highest BCUT2D eigenvalue weighted by atomic mass is 19.2. The minimum absolute atomic E-state index is 0.000364. The first kappa shape index (κ1) is 15.1. The summed E-state index contributed by atoms with van der Waals surface area (Å²) in [7, 11) is 0. The number of morpholine rings is 1. The molecule has 1 atom stereocenters. The van der Waals surface area contributed by atoms with Crippen molar-refractivity contribution in [3.63, 3.8) is 0 Å². The molecule has 2 aliphatic rings. The first-order valence-corrected chi connectivity index (χ1v) is 7.65. The highest BCUT2D eigenvalue weighted by Gasteiger charge is 2.33. The molecule has 126 valence electrons. The van der Waals surface area contributed by atoms with Gasteiger partial charge < -0.3 is 14.4 Å². The van der Waals surface area contributed by atoms with Crippen molar-refractivity contribution in [2.75, 3.05) is 24.7 Å². The highest BCUT2D eigenvalue weighted by Crippen LogP contribution is 2.28. The van der Waals surface area contributed by atoms with Crippen molar-refractivity contribution in [1.29, 1.82) is 0 Å². The second-order valence-corrected chi connectivity index (χ2v) is 5.81. The number of nitrogens with zero attached hydrogens (tertiary/aromatic N) is 3. The summed E-state index contributed by atoms with van der Waals surface area (Å²) in [6.07, 6.45) is 0. The third-order valence-electron chi connectivity index (χ3n) is 4.25. The van der Waals surface area contributed by atoms with Crippen LogP contribution >= 0.6 is 0 Å². The van der Waals surface area contributed by atoms with Gasteiger partial charge in [-0.2, -0.15) is 4.98 Å². The van der Waals surface area contributed by atoms with Crippen molar-refractivity contribution < 1.29 is 18.3 Å². The number of fused-ring (bicyclic) bond motifs is 3. The molecule has 0 saturated carbocycles. The van der Waals surface area contributed by atoms with Gasteiger partial charge in [0.05, 0.1) is 25.8 Å². The van der Waals surface area contributed by atoms with E-state index < -0.39 is 11.6 Å². The Morgan fingerprint density at radius 1 is 1.29 bits per heavy atom. The molecule has 0 aliphatic carbocycles. The standard InChI is InChI=1S/C16H15F2N3O3/c17-12-2-1-10(5-13(12)18)8-24-14-6-15-20-3-4-23-9-11(20)7-21(15)16(22)19-14/h1-2,5-6,11H,3-4,7-9H2. The van der Waals surface area contributed by atoms with Crippen LogP contribution in [0, 0.1) is 11.6 Å². The zero-order chi connectivity index (χ0) is 16.7. The Morgan fingerprint density at radius 2 is 2.17 bits per heavy atom. The van der Waals surface area contributed by atoms with E-state index in [0.717, 1.165) is 18.0 Å². The van der Waals surface area contributed by atoms with Gasteiger partial charge in [0, 0.05) is 12.6 Å². The van der Waals surface area contributed by atoms with Crippen molar-refractivity contribution in [1.82, 2.24) is 9.55 Å². The van der Waals surface area contributed by atoms with Crippen molar-refractivity contribution in [2.45, 2.75) is 19.2 Å². The molecule has 1 fully saturated rings. The van der Waals surface area contributed by atoms with Gasteiger partial charge in [-0.15, -0.1) is 0 Å². The first-order chi connectivity index (χ1) is 11.6. The molecule has 24 heavy (non-hydrogen) atoms. The molecule has 0 amide bonds. The lowest BCUT2D eigenvalue weighted by Gasteiger charge is -2.30. The summed E-state index contributed by atoms with van der Waals surface area (Å²) in [5, 5.41) is 0. The van der Waals surface area contributed by atoms with Gasteiger partial charge in [-0.3, -0.25) is 4.57 Å². The van der Waals surface area contributed by atoms with Crippen LogP contribution in [0.3, 0.4) is 0 Å². The van der Waals surface area contributed by atoms with Crippen molar-refractivity contribution >= 4 is 5.82 Å². The quantitative estimate of drug-likeness (QED) is 0.847. The maximum atomic E-state index is 13.2. The third kappa shape index (κ3) is 2.62. The minimum atomic E-state index is -0.936. The Hall–Kier alpha value is -2.48. The Labute approximate surface area is 136 Å². The molecule has 0 spiro atoms. The lowest BCUT2D eigenvalue weighted by Crippen LogP contribution is -2.43. The van der Waals surface area contributed by atoms with Crippen molar-refractivity contribution in [2.24, 2.45) is 0 Å². The fourth-order valence-corrected chi connectivity index (χ4v) is 3.06. The number of hydrogen-bond acceptors (Lipinski definition) is 5. The van der Waals surface area contributed by atoms with E-state index in [1.807, 2.05) is 0 Å². The van der Waals surface area contributed by atoms with E-state index >= 15 is 0 Å². The maximum absolute atomic E-state index is 13.2. The number of ether oxygens (including phenoxy) is 2. The van der Waals surface area contributed by atoms with Gasteiger partial charge in [-0.05, 0) is 17.7 Å². The number of halogens is 2. The molecule has 2 aromatic rings. The summed E-state index contributed by atoms with van der Waals surface area (Å²) in [6.45, 7) is 2.44. The first-order valence-electron chi connectivity index (χ1n) is 7.65. The normalized spacial score (nSPS) is 19.1. The average molecular weight is 335 g/mol. The molecule has 3 heterocycles. The number of anilines is 1. The zero-order valence-corrected chi connectivity index (χ0v) is 12.7. The lowest BCUT2D eigenvalue weighted by molar-refractivity contribution is 0.0956. The largest absolute Gasteiger partial charge is 0.473 e. The fraction of sp³-hybridized carbons (Fsp3) is 0.375. The van der Waals surface area contributed by atoms with Gasteiger partial charge in [-0.1, -0.05) is 6.07 Å². The SMILES string of the molecule is O=c1nc(OCc2ccc(F)c(F)c2)cc2n1CC1COCCN21. The van der Waals surface area contributed by atoms with Crippen LogP contribution in [-0.4, -0.2) is 35.4 Å². The van der Waals surface area contributed by atoms with Crippen LogP contribution in [-0.2, 0) is 17.9 Å². The van der Waals surface area contributed by atoms with Crippen LogP contribution in [0.15, 0.2) is 29.1 Å². The van der Waals surface area contributed by atoms with Crippen LogP contribution in [0.2, 0.25) is 0 Å². The van der Waals surface area contributed by atoms with E-state index in [9.17, 15) is 13.6 Å². The van der Waals surface area contributed by atoms with Crippen LogP contribution in [0.1, 0.15) is 5.56 Å². The van der Waals surface area contributed by atoms with Gasteiger partial charge in [0.1, 0.15) is 12.4 Å². The molecule has 8 heteroatoms. The fourth-order valence-electron chi connectivity index (χ4n) is 3.06. The van der Waals surface area contributed by atoms with Crippen LogP contribution < -0.4 is 15.3 Å². The highest BCUT2D eigenvalue weighted by molar-refractivity contribution is 5.47. The van der Waals surface area contributed by atoms with Gasteiger partial charge in [0.2, 0.25) is 5.88 Å². The van der Waals surface area contributed by atoms with E-state index in [1.54, 1.807) is 10.6 Å². The monoisotopic (exact) mass is 335 g/mol. The molecule has 2 aliphatic heterocycles. The molecule has 0 N–H and O–H groups in total. The Kier molecular flexibility index (Phi) is 3.68. The predicted molar refractivity (Wildman–Crippen MR) is 81.1 cm³/mol. The predicted octanol–water partition coefficient (Wildman–Crippen LogP) is 1.32. The van der Waals surface area contributed by atoms with Crippen LogP contribution in [0.4, 0.5) is 14.6 Å². The topological polar surface area (TPSA) is 56.6 Å². The summed E-state index contributed by atoms with van der Waals surface area (Å²) in [5.41, 5.74) is 0.0720. The smallest absolute Gasteiger partial charge is 0.352 e. The number of benzene rings is 1. The van der Waals surface area contributed by atoms with E-state index in [2.05, 4.69) is 9.88 Å². The molecule has 0 bridgehead atoms. The molecule has 1 unspecified atom stereocenters. The summed E-state index contributed by atoms with van der Waals surface area (Å²) in [5.74, 6) is -0.924. The van der Waals surface area contributed by atoms with Gasteiger partial charge in [-0.25, -0.2) is 13.6 Å². The van der Waals surface area contributed by atoms with E-state index in [-0.39, 0.29) is 24.2 Å². The Bertz CT molecular complexity index is 840. The molecule has 6 nitrogen and oxygen atoms in total. The van der Waals surface area contributed by atoms with Gasteiger partial charge in [0.15, 0.2) is 11.6 Å². The summed E-state index contributed by atoms with van der Waals surface area (Å²) >= 11 is 0. The molecule has 1 aromatic heterocycles. The third-order valence-corrected chi connectivity index (χ3v) is 4.25. The zero-order valence-electron chi connectivity index (χ0n) is 12.7.